The summed E-state index contributed by atoms with van der Waals surface area (Å²) in [6.45, 7) is 0.896. The number of benzene rings is 1. The summed E-state index contributed by atoms with van der Waals surface area (Å²) in [7, 11) is 0. The lowest BCUT2D eigenvalue weighted by molar-refractivity contribution is 0.101. The molecule has 0 bridgehead atoms. The van der Waals surface area contributed by atoms with Gasteiger partial charge in [-0.3, -0.25) is 0 Å². The molecule has 2 unspecified atom stereocenters. The number of ether oxygens (including phenoxy) is 1. The van der Waals surface area contributed by atoms with Crippen LogP contribution in [-0.4, -0.2) is 12.7 Å². The van der Waals surface area contributed by atoms with Gasteiger partial charge in [0.25, 0.3) is 0 Å². The summed E-state index contributed by atoms with van der Waals surface area (Å²) in [5.41, 5.74) is 6.94. The van der Waals surface area contributed by atoms with Crippen molar-refractivity contribution in [2.24, 2.45) is 5.73 Å². The number of rotatable bonds is 5. The minimum atomic E-state index is -0.242. The maximum absolute atomic E-state index is 13.3. The standard InChI is InChI=1S/C14H19BrFNO/c15-11-7-10(8-12(16)9-11)14(17)5-1-3-13-4-2-6-18-13/h7-9,13-14H,1-6,17H2. The molecule has 2 atom stereocenters. The average Bonchev–Trinajstić information content (AvgIpc) is 2.80. The van der Waals surface area contributed by atoms with Gasteiger partial charge in [-0.2, -0.15) is 0 Å². The molecule has 1 aliphatic rings. The quantitative estimate of drug-likeness (QED) is 0.893. The third kappa shape index (κ3) is 4.04. The molecule has 0 amide bonds. The third-order valence-corrected chi connectivity index (χ3v) is 3.84. The van der Waals surface area contributed by atoms with Crippen molar-refractivity contribution >= 4 is 15.9 Å². The Labute approximate surface area is 116 Å². The fourth-order valence-electron chi connectivity index (χ4n) is 2.39. The van der Waals surface area contributed by atoms with Gasteiger partial charge < -0.3 is 10.5 Å². The first kappa shape index (κ1) is 14.0. The molecule has 2 rings (SSSR count). The highest BCUT2D eigenvalue weighted by Crippen LogP contribution is 2.24. The Morgan fingerprint density at radius 3 is 2.94 bits per heavy atom. The van der Waals surface area contributed by atoms with E-state index in [1.54, 1.807) is 0 Å². The molecule has 2 N–H and O–H groups in total. The van der Waals surface area contributed by atoms with Crippen molar-refractivity contribution in [2.75, 3.05) is 6.61 Å². The van der Waals surface area contributed by atoms with Crippen LogP contribution in [0.25, 0.3) is 0 Å². The zero-order chi connectivity index (χ0) is 13.0. The number of hydrogen-bond acceptors (Lipinski definition) is 2. The normalized spacial score (nSPS) is 21.2. The van der Waals surface area contributed by atoms with E-state index >= 15 is 0 Å². The molecule has 1 saturated heterocycles. The summed E-state index contributed by atoms with van der Waals surface area (Å²) in [6.07, 6.45) is 5.71. The fraction of sp³-hybridized carbons (Fsp3) is 0.571. The molecule has 0 aliphatic carbocycles. The minimum Gasteiger partial charge on any atom is -0.378 e. The average molecular weight is 316 g/mol. The summed E-state index contributed by atoms with van der Waals surface area (Å²) in [5.74, 6) is -0.242. The van der Waals surface area contributed by atoms with Crippen molar-refractivity contribution < 1.29 is 9.13 Å². The van der Waals surface area contributed by atoms with E-state index in [1.807, 2.05) is 6.07 Å². The van der Waals surface area contributed by atoms with Crippen molar-refractivity contribution in [3.05, 3.63) is 34.1 Å². The van der Waals surface area contributed by atoms with E-state index in [4.69, 9.17) is 10.5 Å². The van der Waals surface area contributed by atoms with Crippen molar-refractivity contribution in [3.8, 4) is 0 Å². The van der Waals surface area contributed by atoms with Gasteiger partial charge in [0.15, 0.2) is 0 Å². The molecule has 0 saturated carbocycles. The summed E-state index contributed by atoms with van der Waals surface area (Å²) in [5, 5.41) is 0. The van der Waals surface area contributed by atoms with E-state index in [9.17, 15) is 4.39 Å². The maximum Gasteiger partial charge on any atom is 0.124 e. The lowest BCUT2D eigenvalue weighted by Crippen LogP contribution is -2.12. The monoisotopic (exact) mass is 315 g/mol. The lowest BCUT2D eigenvalue weighted by Gasteiger charge is -2.14. The van der Waals surface area contributed by atoms with Crippen LogP contribution in [0.1, 0.15) is 43.7 Å². The van der Waals surface area contributed by atoms with Crippen LogP contribution in [-0.2, 0) is 4.74 Å². The minimum absolute atomic E-state index is 0.0987. The van der Waals surface area contributed by atoms with Gasteiger partial charge in [-0.05, 0) is 55.9 Å². The summed E-state index contributed by atoms with van der Waals surface area (Å²) < 4.78 is 19.6. The molecule has 1 fully saturated rings. The van der Waals surface area contributed by atoms with E-state index in [0.29, 0.717) is 6.10 Å². The maximum atomic E-state index is 13.3. The van der Waals surface area contributed by atoms with E-state index < -0.39 is 0 Å². The van der Waals surface area contributed by atoms with Gasteiger partial charge >= 0.3 is 0 Å². The largest absolute Gasteiger partial charge is 0.378 e. The van der Waals surface area contributed by atoms with Crippen molar-refractivity contribution in [1.82, 2.24) is 0 Å². The molecule has 0 aromatic heterocycles. The lowest BCUT2D eigenvalue weighted by atomic mass is 10.00. The molecule has 1 aromatic rings. The van der Waals surface area contributed by atoms with Crippen molar-refractivity contribution in [3.63, 3.8) is 0 Å². The molecule has 4 heteroatoms. The topological polar surface area (TPSA) is 35.2 Å². The smallest absolute Gasteiger partial charge is 0.124 e. The predicted molar refractivity (Wildman–Crippen MR) is 73.9 cm³/mol. The molecule has 18 heavy (non-hydrogen) atoms. The Hall–Kier alpha value is -0.450. The van der Waals surface area contributed by atoms with Gasteiger partial charge in [0, 0.05) is 17.1 Å². The summed E-state index contributed by atoms with van der Waals surface area (Å²) in [4.78, 5) is 0. The first-order valence-electron chi connectivity index (χ1n) is 6.48. The zero-order valence-electron chi connectivity index (χ0n) is 10.4. The van der Waals surface area contributed by atoms with Gasteiger partial charge in [-0.1, -0.05) is 15.9 Å². The van der Waals surface area contributed by atoms with E-state index in [0.717, 1.165) is 35.9 Å². The Morgan fingerprint density at radius 2 is 2.28 bits per heavy atom. The fourth-order valence-corrected chi connectivity index (χ4v) is 2.88. The van der Waals surface area contributed by atoms with Crippen molar-refractivity contribution in [1.29, 1.82) is 0 Å². The Morgan fingerprint density at radius 1 is 1.44 bits per heavy atom. The SMILES string of the molecule is NC(CCCC1CCCO1)c1cc(F)cc(Br)c1. The Kier molecular flexibility index (Phi) is 5.15. The predicted octanol–water partition coefficient (Wildman–Crippen LogP) is 3.94. The number of hydrogen-bond donors (Lipinski definition) is 1. The van der Waals surface area contributed by atoms with Gasteiger partial charge in [-0.25, -0.2) is 4.39 Å². The molecule has 2 nitrogen and oxygen atoms in total. The molecule has 0 radical (unpaired) electrons. The molecule has 100 valence electrons. The van der Waals surface area contributed by atoms with Gasteiger partial charge in [0.1, 0.15) is 5.82 Å². The molecule has 1 aliphatic heterocycles. The van der Waals surface area contributed by atoms with Gasteiger partial charge in [-0.15, -0.1) is 0 Å². The van der Waals surface area contributed by atoms with Crippen LogP contribution in [0.4, 0.5) is 4.39 Å². The van der Waals surface area contributed by atoms with E-state index in [-0.39, 0.29) is 11.9 Å². The second-order valence-corrected chi connectivity index (χ2v) is 5.79. The van der Waals surface area contributed by atoms with Crippen LogP contribution in [0.3, 0.4) is 0 Å². The van der Waals surface area contributed by atoms with Crippen LogP contribution in [0, 0.1) is 5.82 Å². The highest BCUT2D eigenvalue weighted by molar-refractivity contribution is 9.10. The van der Waals surface area contributed by atoms with Crippen LogP contribution in [0.2, 0.25) is 0 Å². The summed E-state index contributed by atoms with van der Waals surface area (Å²) in [6, 6.07) is 4.75. The first-order valence-corrected chi connectivity index (χ1v) is 7.27. The van der Waals surface area contributed by atoms with Crippen LogP contribution in [0.5, 0.6) is 0 Å². The molecular weight excluding hydrogens is 297 g/mol. The summed E-state index contributed by atoms with van der Waals surface area (Å²) >= 11 is 3.29. The Bertz CT molecular complexity index is 373. The number of nitrogens with two attached hydrogens (primary N) is 1. The Balaban J connectivity index is 1.81. The molecule has 0 spiro atoms. The second kappa shape index (κ2) is 6.64. The third-order valence-electron chi connectivity index (χ3n) is 3.38. The van der Waals surface area contributed by atoms with Gasteiger partial charge in [0.05, 0.1) is 6.10 Å². The number of halogens is 2. The zero-order valence-corrected chi connectivity index (χ0v) is 12.0. The van der Waals surface area contributed by atoms with Crippen LogP contribution in [0.15, 0.2) is 22.7 Å². The van der Waals surface area contributed by atoms with Crippen molar-refractivity contribution in [2.45, 2.75) is 44.2 Å². The first-order chi connectivity index (χ1) is 8.65. The highest BCUT2D eigenvalue weighted by atomic mass is 79.9. The molecule has 1 aromatic carbocycles. The van der Waals surface area contributed by atoms with Crippen LogP contribution < -0.4 is 5.73 Å². The molecular formula is C14H19BrFNO. The second-order valence-electron chi connectivity index (χ2n) is 4.88. The van der Waals surface area contributed by atoms with Gasteiger partial charge in [0.2, 0.25) is 0 Å². The highest BCUT2D eigenvalue weighted by Gasteiger charge is 2.16. The van der Waals surface area contributed by atoms with Crippen LogP contribution >= 0.6 is 15.9 Å². The van der Waals surface area contributed by atoms with E-state index in [2.05, 4.69) is 15.9 Å². The molecule has 1 heterocycles. The van der Waals surface area contributed by atoms with E-state index in [1.165, 1.54) is 25.0 Å².